The number of hydrogen-bond acceptors (Lipinski definition) is 3. The van der Waals surface area contributed by atoms with E-state index in [1.807, 2.05) is 0 Å². The van der Waals surface area contributed by atoms with Crippen molar-refractivity contribution in [3.63, 3.8) is 0 Å². The molecule has 104 valence electrons. The molecular formula is C12H14ClNO4S. The molecule has 0 aliphatic heterocycles. The Hall–Kier alpha value is -1.37. The van der Waals surface area contributed by atoms with Crippen LogP contribution >= 0.6 is 11.6 Å². The molecule has 0 unspecified atom stereocenters. The highest BCUT2D eigenvalue weighted by atomic mass is 35.5. The molecule has 0 heterocycles. The lowest BCUT2D eigenvalue weighted by Gasteiger charge is -2.11. The summed E-state index contributed by atoms with van der Waals surface area (Å²) < 4.78 is 26.5. The lowest BCUT2D eigenvalue weighted by atomic mass is 10.1. The van der Waals surface area contributed by atoms with Gasteiger partial charge in [-0.25, -0.2) is 17.9 Å². The van der Waals surface area contributed by atoms with E-state index in [1.165, 1.54) is 19.1 Å². The molecule has 0 saturated carbocycles. The van der Waals surface area contributed by atoms with Crippen molar-refractivity contribution < 1.29 is 18.3 Å². The van der Waals surface area contributed by atoms with Crippen LogP contribution in [0.2, 0.25) is 5.02 Å². The molecule has 0 amide bonds. The van der Waals surface area contributed by atoms with Crippen LogP contribution in [0.5, 0.6) is 0 Å². The van der Waals surface area contributed by atoms with Crippen LogP contribution in [0, 0.1) is 6.92 Å². The third-order valence-corrected chi connectivity index (χ3v) is 4.29. The molecule has 0 aliphatic carbocycles. The molecule has 0 saturated heterocycles. The minimum Gasteiger partial charge on any atom is -0.478 e. The monoisotopic (exact) mass is 303 g/mol. The highest BCUT2D eigenvalue weighted by Crippen LogP contribution is 2.24. The van der Waals surface area contributed by atoms with Crippen molar-refractivity contribution in [2.24, 2.45) is 0 Å². The third kappa shape index (κ3) is 3.79. The first-order chi connectivity index (χ1) is 8.79. The zero-order valence-electron chi connectivity index (χ0n) is 10.3. The average molecular weight is 304 g/mol. The first kappa shape index (κ1) is 15.7. The maximum Gasteiger partial charge on any atom is 0.336 e. The second-order valence-corrected chi connectivity index (χ2v) is 6.03. The quantitative estimate of drug-likeness (QED) is 0.623. The summed E-state index contributed by atoms with van der Waals surface area (Å²) in [5.41, 5.74) is 0.0274. The minimum atomic E-state index is -3.79. The topological polar surface area (TPSA) is 83.5 Å². The fourth-order valence-corrected chi connectivity index (χ4v) is 3.15. The zero-order chi connectivity index (χ0) is 14.6. The fraction of sp³-hybridized carbons (Fsp3) is 0.250. The van der Waals surface area contributed by atoms with Crippen LogP contribution in [-0.2, 0) is 10.0 Å². The standard InChI is InChI=1S/C12H14ClNO4S/c1-3-4-5-14-19(17,18)11-7-9(13)6-10(8(11)2)12(15)16/h3,6-7,14H,1,4-5H2,2H3,(H,15,16). The minimum absolute atomic E-state index is 0.0621. The van der Waals surface area contributed by atoms with Crippen molar-refractivity contribution in [2.45, 2.75) is 18.2 Å². The summed E-state index contributed by atoms with van der Waals surface area (Å²) in [5, 5.41) is 9.07. The van der Waals surface area contributed by atoms with Gasteiger partial charge in [0.2, 0.25) is 10.0 Å². The first-order valence-electron chi connectivity index (χ1n) is 5.43. The molecule has 1 aromatic carbocycles. The van der Waals surface area contributed by atoms with E-state index in [9.17, 15) is 13.2 Å². The molecule has 0 aromatic heterocycles. The second kappa shape index (κ2) is 6.18. The lowest BCUT2D eigenvalue weighted by Crippen LogP contribution is -2.25. The van der Waals surface area contributed by atoms with E-state index in [2.05, 4.69) is 11.3 Å². The summed E-state index contributed by atoms with van der Waals surface area (Å²) in [6, 6.07) is 2.46. The molecule has 0 spiro atoms. The molecule has 5 nitrogen and oxygen atoms in total. The van der Waals surface area contributed by atoms with Gasteiger partial charge in [-0.2, -0.15) is 0 Å². The first-order valence-corrected chi connectivity index (χ1v) is 7.29. The molecule has 0 bridgehead atoms. The summed E-state index contributed by atoms with van der Waals surface area (Å²) >= 11 is 5.76. The summed E-state index contributed by atoms with van der Waals surface area (Å²) in [7, 11) is -3.79. The number of sulfonamides is 1. The molecule has 1 aromatic rings. The number of rotatable bonds is 6. The van der Waals surface area contributed by atoms with Crippen LogP contribution in [0.3, 0.4) is 0 Å². The maximum atomic E-state index is 12.1. The van der Waals surface area contributed by atoms with E-state index in [4.69, 9.17) is 16.7 Å². The Morgan fingerprint density at radius 3 is 2.68 bits per heavy atom. The summed E-state index contributed by atoms with van der Waals surface area (Å²) in [6.07, 6.45) is 2.06. The molecule has 0 aliphatic rings. The summed E-state index contributed by atoms with van der Waals surface area (Å²) in [4.78, 5) is 10.9. The number of carboxylic acid groups (broad SMARTS) is 1. The van der Waals surface area contributed by atoms with E-state index in [-0.39, 0.29) is 27.6 Å². The Morgan fingerprint density at radius 2 is 2.16 bits per heavy atom. The summed E-state index contributed by atoms with van der Waals surface area (Å²) in [6.45, 7) is 5.12. The van der Waals surface area contributed by atoms with Crippen molar-refractivity contribution >= 4 is 27.6 Å². The average Bonchev–Trinajstić information content (AvgIpc) is 2.31. The van der Waals surface area contributed by atoms with Gasteiger partial charge >= 0.3 is 5.97 Å². The maximum absolute atomic E-state index is 12.1. The molecular weight excluding hydrogens is 290 g/mol. The third-order valence-electron chi connectivity index (χ3n) is 2.49. The Kier molecular flexibility index (Phi) is 5.11. The molecule has 2 N–H and O–H groups in total. The zero-order valence-corrected chi connectivity index (χ0v) is 11.9. The molecule has 1 rings (SSSR count). The number of nitrogens with one attached hydrogen (secondary N) is 1. The van der Waals surface area contributed by atoms with Crippen LogP contribution in [-0.4, -0.2) is 26.0 Å². The van der Waals surface area contributed by atoms with E-state index in [1.54, 1.807) is 6.08 Å². The van der Waals surface area contributed by atoms with E-state index < -0.39 is 16.0 Å². The number of carbonyl (C=O) groups is 1. The molecule has 19 heavy (non-hydrogen) atoms. The number of aromatic carboxylic acids is 1. The van der Waals surface area contributed by atoms with E-state index in [0.29, 0.717) is 6.42 Å². The van der Waals surface area contributed by atoms with Crippen molar-refractivity contribution in [1.82, 2.24) is 4.72 Å². The van der Waals surface area contributed by atoms with Gasteiger partial charge in [-0.15, -0.1) is 6.58 Å². The van der Waals surface area contributed by atoms with Crippen LogP contribution in [0.4, 0.5) is 0 Å². The van der Waals surface area contributed by atoms with Gasteiger partial charge in [0.1, 0.15) is 0 Å². The molecule has 0 fully saturated rings. The van der Waals surface area contributed by atoms with Crippen molar-refractivity contribution in [1.29, 1.82) is 0 Å². The lowest BCUT2D eigenvalue weighted by molar-refractivity contribution is 0.0696. The van der Waals surface area contributed by atoms with E-state index >= 15 is 0 Å². The predicted molar refractivity (Wildman–Crippen MR) is 73.2 cm³/mol. The van der Waals surface area contributed by atoms with Gasteiger partial charge < -0.3 is 5.11 Å². The van der Waals surface area contributed by atoms with Gasteiger partial charge in [0.15, 0.2) is 0 Å². The summed E-state index contributed by atoms with van der Waals surface area (Å²) in [5.74, 6) is -1.22. The van der Waals surface area contributed by atoms with E-state index in [0.717, 1.165) is 0 Å². The van der Waals surface area contributed by atoms with Crippen LogP contribution in [0.25, 0.3) is 0 Å². The van der Waals surface area contributed by atoms with Crippen LogP contribution in [0.15, 0.2) is 29.7 Å². The smallest absolute Gasteiger partial charge is 0.336 e. The van der Waals surface area contributed by atoms with Crippen molar-refractivity contribution in [3.05, 3.63) is 40.9 Å². The highest BCUT2D eigenvalue weighted by molar-refractivity contribution is 7.89. The van der Waals surface area contributed by atoms with Gasteiger partial charge in [-0.1, -0.05) is 17.7 Å². The van der Waals surface area contributed by atoms with Gasteiger partial charge in [0, 0.05) is 11.6 Å². The van der Waals surface area contributed by atoms with Gasteiger partial charge in [-0.05, 0) is 31.0 Å². The molecule has 0 radical (unpaired) electrons. The number of carboxylic acids is 1. The molecule has 0 atom stereocenters. The predicted octanol–water partition coefficient (Wildman–Crippen LogP) is 2.20. The number of benzene rings is 1. The second-order valence-electron chi connectivity index (χ2n) is 3.86. The number of halogens is 1. The van der Waals surface area contributed by atoms with Crippen LogP contribution < -0.4 is 4.72 Å². The largest absolute Gasteiger partial charge is 0.478 e. The Bertz CT molecular complexity index is 610. The SMILES string of the molecule is C=CCCNS(=O)(=O)c1cc(Cl)cc(C(=O)O)c1C. The van der Waals surface area contributed by atoms with Gasteiger partial charge in [-0.3, -0.25) is 0 Å². The van der Waals surface area contributed by atoms with Crippen molar-refractivity contribution in [3.8, 4) is 0 Å². The Balaban J connectivity index is 3.26. The van der Waals surface area contributed by atoms with Crippen molar-refractivity contribution in [2.75, 3.05) is 6.54 Å². The Labute approximate surface area is 117 Å². The van der Waals surface area contributed by atoms with Crippen LogP contribution in [0.1, 0.15) is 22.3 Å². The Morgan fingerprint density at radius 1 is 1.53 bits per heavy atom. The van der Waals surface area contributed by atoms with Gasteiger partial charge in [0.05, 0.1) is 10.5 Å². The fourth-order valence-electron chi connectivity index (χ4n) is 1.53. The highest BCUT2D eigenvalue weighted by Gasteiger charge is 2.21. The van der Waals surface area contributed by atoms with Gasteiger partial charge in [0.25, 0.3) is 0 Å². The normalized spacial score (nSPS) is 11.3. The molecule has 7 heteroatoms. The number of hydrogen-bond donors (Lipinski definition) is 2.